The predicted molar refractivity (Wildman–Crippen MR) is 53.9 cm³/mol. The number of hydrogen-bond acceptors (Lipinski definition) is 3. The highest BCUT2D eigenvalue weighted by Gasteiger charge is 2.09. The lowest BCUT2D eigenvalue weighted by Gasteiger charge is -2.08. The average Bonchev–Trinajstić information content (AvgIpc) is 2.20. The maximum atomic E-state index is 8.80. The number of benzene rings is 1. The van der Waals surface area contributed by atoms with Gasteiger partial charge in [-0.15, -0.1) is 0 Å². The summed E-state index contributed by atoms with van der Waals surface area (Å²) in [5.41, 5.74) is 0.414. The van der Waals surface area contributed by atoms with Crippen molar-refractivity contribution in [1.82, 2.24) is 0 Å². The molecule has 1 aromatic rings. The number of halogens is 1. The first-order chi connectivity index (χ1) is 6.72. The minimum atomic E-state index is 0.410. The van der Waals surface area contributed by atoms with E-state index in [9.17, 15) is 0 Å². The average molecular weight is 212 g/mol. The van der Waals surface area contributed by atoms with E-state index >= 15 is 0 Å². The Hall–Kier alpha value is -1.40. The van der Waals surface area contributed by atoms with Gasteiger partial charge >= 0.3 is 0 Å². The van der Waals surface area contributed by atoms with Crippen molar-refractivity contribution in [3.05, 3.63) is 22.7 Å². The van der Waals surface area contributed by atoms with E-state index in [-0.39, 0.29) is 0 Å². The van der Waals surface area contributed by atoms with E-state index in [2.05, 4.69) is 0 Å². The monoisotopic (exact) mass is 211 g/mol. The minimum Gasteiger partial charge on any atom is -0.495 e. The van der Waals surface area contributed by atoms with Gasteiger partial charge in [0.25, 0.3) is 0 Å². The van der Waals surface area contributed by atoms with Crippen molar-refractivity contribution < 1.29 is 9.47 Å². The van der Waals surface area contributed by atoms with E-state index in [1.165, 1.54) is 13.2 Å². The fourth-order valence-electron chi connectivity index (χ4n) is 1.05. The smallest absolute Gasteiger partial charge is 0.141 e. The fraction of sp³-hybridized carbons (Fsp3) is 0.300. The predicted octanol–water partition coefficient (Wildman–Crippen LogP) is 2.62. The maximum Gasteiger partial charge on any atom is 0.141 e. The third-order valence-electron chi connectivity index (χ3n) is 1.67. The molecule has 0 saturated heterocycles. The molecule has 0 fully saturated rings. The van der Waals surface area contributed by atoms with Crippen LogP contribution in [0, 0.1) is 11.3 Å². The van der Waals surface area contributed by atoms with Gasteiger partial charge in [-0.05, 0) is 13.0 Å². The summed E-state index contributed by atoms with van der Waals surface area (Å²) in [6.45, 7) is 2.35. The zero-order chi connectivity index (χ0) is 10.6. The second-order valence-corrected chi connectivity index (χ2v) is 2.93. The molecular formula is C10H10ClNO2. The molecule has 3 nitrogen and oxygen atoms in total. The van der Waals surface area contributed by atoms with Crippen LogP contribution in [-0.2, 0) is 0 Å². The maximum absolute atomic E-state index is 8.80. The normalized spacial score (nSPS) is 9.29. The Morgan fingerprint density at radius 1 is 1.43 bits per heavy atom. The Kier molecular flexibility index (Phi) is 3.61. The molecule has 0 bridgehead atoms. The van der Waals surface area contributed by atoms with Gasteiger partial charge < -0.3 is 9.47 Å². The summed E-state index contributed by atoms with van der Waals surface area (Å²) in [5.74, 6) is 1.00. The molecule has 1 rings (SSSR count). The summed E-state index contributed by atoms with van der Waals surface area (Å²) < 4.78 is 10.3. The molecule has 1 aromatic carbocycles. The van der Waals surface area contributed by atoms with Crippen LogP contribution in [0.4, 0.5) is 0 Å². The van der Waals surface area contributed by atoms with Crippen LogP contribution in [0.1, 0.15) is 12.5 Å². The van der Waals surface area contributed by atoms with Gasteiger partial charge in [0.2, 0.25) is 0 Å². The molecule has 0 radical (unpaired) electrons. The molecule has 0 aliphatic rings. The molecule has 0 aromatic heterocycles. The van der Waals surface area contributed by atoms with Gasteiger partial charge in [0.1, 0.15) is 17.6 Å². The second kappa shape index (κ2) is 4.73. The standard InChI is InChI=1S/C10H10ClNO2/c1-3-14-9-5-10(13-2)8(11)4-7(9)6-12/h4-5H,3H2,1-2H3. The third kappa shape index (κ3) is 2.09. The van der Waals surface area contributed by atoms with Crippen molar-refractivity contribution in [2.45, 2.75) is 6.92 Å². The van der Waals surface area contributed by atoms with Gasteiger partial charge in [-0.1, -0.05) is 11.6 Å². The van der Waals surface area contributed by atoms with E-state index in [0.29, 0.717) is 28.7 Å². The molecule has 0 aliphatic heterocycles. The topological polar surface area (TPSA) is 42.2 Å². The van der Waals surface area contributed by atoms with E-state index in [4.69, 9.17) is 26.3 Å². The summed E-state index contributed by atoms with van der Waals surface area (Å²) in [6.07, 6.45) is 0. The van der Waals surface area contributed by atoms with Crippen LogP contribution in [0.5, 0.6) is 11.5 Å². The van der Waals surface area contributed by atoms with Crippen LogP contribution in [0.3, 0.4) is 0 Å². The quantitative estimate of drug-likeness (QED) is 0.772. The third-order valence-corrected chi connectivity index (χ3v) is 1.97. The molecule has 0 spiro atoms. The number of nitrogens with zero attached hydrogens (tertiary/aromatic N) is 1. The van der Waals surface area contributed by atoms with Crippen molar-refractivity contribution in [2.24, 2.45) is 0 Å². The number of methoxy groups -OCH3 is 1. The highest BCUT2D eigenvalue weighted by atomic mass is 35.5. The zero-order valence-electron chi connectivity index (χ0n) is 8.00. The summed E-state index contributed by atoms with van der Waals surface area (Å²) >= 11 is 5.85. The Balaban J connectivity index is 3.19. The summed E-state index contributed by atoms with van der Waals surface area (Å²) in [6, 6.07) is 5.16. The molecule has 0 N–H and O–H groups in total. The molecule has 0 heterocycles. The summed E-state index contributed by atoms with van der Waals surface area (Å²) in [7, 11) is 1.52. The molecule has 0 atom stereocenters. The van der Waals surface area contributed by atoms with Gasteiger partial charge in [0, 0.05) is 6.07 Å². The second-order valence-electron chi connectivity index (χ2n) is 2.53. The van der Waals surface area contributed by atoms with Gasteiger partial charge in [-0.25, -0.2) is 0 Å². The lowest BCUT2D eigenvalue weighted by Crippen LogP contribution is -1.96. The van der Waals surface area contributed by atoms with Crippen LogP contribution >= 0.6 is 11.6 Å². The first kappa shape index (κ1) is 10.7. The highest BCUT2D eigenvalue weighted by Crippen LogP contribution is 2.32. The molecule has 14 heavy (non-hydrogen) atoms. The number of rotatable bonds is 3. The molecule has 0 aliphatic carbocycles. The van der Waals surface area contributed by atoms with Crippen LogP contribution in [-0.4, -0.2) is 13.7 Å². The number of nitriles is 1. The Bertz CT molecular complexity index is 371. The van der Waals surface area contributed by atoms with Gasteiger partial charge in [-0.2, -0.15) is 5.26 Å². The Morgan fingerprint density at radius 2 is 2.14 bits per heavy atom. The van der Waals surface area contributed by atoms with Crippen molar-refractivity contribution in [1.29, 1.82) is 5.26 Å². The molecular weight excluding hydrogens is 202 g/mol. The first-order valence-corrected chi connectivity index (χ1v) is 4.51. The molecule has 0 saturated carbocycles. The van der Waals surface area contributed by atoms with Crippen molar-refractivity contribution >= 4 is 11.6 Å². The summed E-state index contributed by atoms with van der Waals surface area (Å²) in [5, 5.41) is 9.21. The highest BCUT2D eigenvalue weighted by molar-refractivity contribution is 6.32. The van der Waals surface area contributed by atoms with Crippen molar-refractivity contribution in [2.75, 3.05) is 13.7 Å². The van der Waals surface area contributed by atoms with Gasteiger partial charge in [0.05, 0.1) is 24.3 Å². The molecule has 4 heteroatoms. The van der Waals surface area contributed by atoms with E-state index in [1.807, 2.05) is 13.0 Å². The van der Waals surface area contributed by atoms with E-state index in [0.717, 1.165) is 0 Å². The van der Waals surface area contributed by atoms with Crippen LogP contribution in [0.15, 0.2) is 12.1 Å². The Morgan fingerprint density at radius 3 is 2.64 bits per heavy atom. The molecule has 0 unspecified atom stereocenters. The number of ether oxygens (including phenoxy) is 2. The zero-order valence-corrected chi connectivity index (χ0v) is 8.76. The SMILES string of the molecule is CCOc1cc(OC)c(Cl)cc1C#N. The van der Waals surface area contributed by atoms with Gasteiger partial charge in [-0.3, -0.25) is 0 Å². The minimum absolute atomic E-state index is 0.410. The number of hydrogen-bond donors (Lipinski definition) is 0. The lowest BCUT2D eigenvalue weighted by atomic mass is 10.2. The van der Waals surface area contributed by atoms with Crippen molar-refractivity contribution in [3.8, 4) is 17.6 Å². The summed E-state index contributed by atoms with van der Waals surface area (Å²) in [4.78, 5) is 0. The molecule has 0 amide bonds. The largest absolute Gasteiger partial charge is 0.495 e. The fourth-order valence-corrected chi connectivity index (χ4v) is 1.29. The van der Waals surface area contributed by atoms with Crippen LogP contribution < -0.4 is 9.47 Å². The lowest BCUT2D eigenvalue weighted by molar-refractivity contribution is 0.335. The Labute approximate surface area is 87.8 Å². The first-order valence-electron chi connectivity index (χ1n) is 4.13. The van der Waals surface area contributed by atoms with Gasteiger partial charge in [0.15, 0.2) is 0 Å². The van der Waals surface area contributed by atoms with E-state index < -0.39 is 0 Å². The van der Waals surface area contributed by atoms with Crippen LogP contribution in [0.2, 0.25) is 5.02 Å². The molecule has 74 valence electrons. The van der Waals surface area contributed by atoms with Crippen LogP contribution in [0.25, 0.3) is 0 Å². The van der Waals surface area contributed by atoms with E-state index in [1.54, 1.807) is 6.07 Å². The van der Waals surface area contributed by atoms with Crippen molar-refractivity contribution in [3.63, 3.8) is 0 Å².